The second kappa shape index (κ2) is 9.67. The lowest BCUT2D eigenvalue weighted by Gasteiger charge is -2.48. The Morgan fingerprint density at radius 3 is 2.38 bits per heavy atom. The van der Waals surface area contributed by atoms with E-state index in [2.05, 4.69) is 5.32 Å². The van der Waals surface area contributed by atoms with Crippen LogP contribution in [0.5, 0.6) is 11.5 Å². The summed E-state index contributed by atoms with van der Waals surface area (Å²) in [7, 11) is 0. The van der Waals surface area contributed by atoms with E-state index in [1.807, 2.05) is 13.8 Å². The molecule has 0 saturated heterocycles. The second-order valence-electron chi connectivity index (χ2n) is 10.9. The Hall–Kier alpha value is -4.38. The molecule has 5 atom stereocenters. The number of para-hydroxylation sites is 1. The fraction of sp³-hybridized carbons (Fsp3) is 0.379. The topological polar surface area (TPSA) is 190 Å². The normalized spacial score (nSPS) is 27.5. The standard InChI is InChI=1S/C29H28N2O9/c1-12(2)16-11-18(31-28(38)40-15-6-4-3-5-7-15)23(33)21-17(16)9-13-8-14-10-19(32)22(27(30)37)26(36)29(14,39)25(35)20(13)24(21)34/h3-7,11-14,20,22,33,39H,8-10H2,1-2H3,(H2,30,37)(H,31,38)/t13-,14+,20?,22?,29+/m1/s1. The monoisotopic (exact) mass is 548 g/mol. The van der Waals surface area contributed by atoms with Crippen molar-refractivity contribution >= 4 is 40.8 Å². The minimum atomic E-state index is -2.73. The van der Waals surface area contributed by atoms with Gasteiger partial charge in [0, 0.05) is 12.3 Å². The molecule has 2 amide bonds. The summed E-state index contributed by atoms with van der Waals surface area (Å²) in [5.41, 5.74) is 3.33. The zero-order valence-electron chi connectivity index (χ0n) is 21.8. The van der Waals surface area contributed by atoms with Crippen molar-refractivity contribution in [3.05, 3.63) is 53.1 Å². The van der Waals surface area contributed by atoms with Crippen LogP contribution in [0.3, 0.4) is 0 Å². The lowest BCUT2D eigenvalue weighted by molar-refractivity contribution is -0.175. The summed E-state index contributed by atoms with van der Waals surface area (Å²) >= 11 is 0. The highest BCUT2D eigenvalue weighted by molar-refractivity contribution is 6.31. The Balaban J connectivity index is 1.54. The number of hydrogen-bond acceptors (Lipinski definition) is 9. The van der Waals surface area contributed by atoms with E-state index in [-0.39, 0.29) is 35.8 Å². The van der Waals surface area contributed by atoms with Crippen LogP contribution in [-0.4, -0.2) is 50.9 Å². The number of amides is 2. The molecule has 0 radical (unpaired) electrons. The van der Waals surface area contributed by atoms with Crippen molar-refractivity contribution in [2.24, 2.45) is 29.4 Å². The second-order valence-corrected chi connectivity index (χ2v) is 10.9. The van der Waals surface area contributed by atoms with Crippen molar-refractivity contribution in [3.8, 4) is 11.5 Å². The first-order valence-corrected chi connectivity index (χ1v) is 13.0. The number of phenolic OH excluding ortho intramolecular Hbond substituents is 1. The number of nitrogens with one attached hydrogen (secondary N) is 1. The predicted octanol–water partition coefficient (Wildman–Crippen LogP) is 2.06. The first-order chi connectivity index (χ1) is 18.9. The van der Waals surface area contributed by atoms with E-state index >= 15 is 0 Å². The molecule has 0 spiro atoms. The van der Waals surface area contributed by atoms with Crippen molar-refractivity contribution in [1.82, 2.24) is 0 Å². The summed E-state index contributed by atoms with van der Waals surface area (Å²) in [6, 6.07) is 9.75. The Kier molecular flexibility index (Phi) is 6.57. The molecule has 11 heteroatoms. The van der Waals surface area contributed by atoms with E-state index in [0.717, 1.165) is 0 Å². The van der Waals surface area contributed by atoms with Gasteiger partial charge in [0.05, 0.1) is 17.2 Å². The molecule has 2 saturated carbocycles. The van der Waals surface area contributed by atoms with Gasteiger partial charge in [0.1, 0.15) is 11.5 Å². The minimum absolute atomic E-state index is 0.00273. The number of nitrogens with two attached hydrogens (primary N) is 1. The van der Waals surface area contributed by atoms with Gasteiger partial charge in [-0.15, -0.1) is 0 Å². The van der Waals surface area contributed by atoms with Crippen molar-refractivity contribution in [2.75, 3.05) is 5.32 Å². The third-order valence-corrected chi connectivity index (χ3v) is 8.25. The molecular formula is C29H28N2O9. The number of ketones is 4. The number of benzene rings is 2. The molecule has 2 unspecified atom stereocenters. The van der Waals surface area contributed by atoms with E-state index in [4.69, 9.17) is 10.5 Å². The molecule has 5 rings (SSSR count). The fourth-order valence-corrected chi connectivity index (χ4v) is 6.40. The quantitative estimate of drug-likeness (QED) is 0.327. The highest BCUT2D eigenvalue weighted by Gasteiger charge is 2.66. The van der Waals surface area contributed by atoms with E-state index in [9.17, 15) is 39.0 Å². The van der Waals surface area contributed by atoms with Gasteiger partial charge in [-0.3, -0.25) is 29.3 Å². The van der Waals surface area contributed by atoms with Gasteiger partial charge in [-0.25, -0.2) is 4.79 Å². The summed E-state index contributed by atoms with van der Waals surface area (Å²) in [6.07, 6.45) is -1.16. The Morgan fingerprint density at radius 2 is 1.75 bits per heavy atom. The Bertz CT molecular complexity index is 1480. The third-order valence-electron chi connectivity index (χ3n) is 8.25. The molecule has 2 fully saturated rings. The van der Waals surface area contributed by atoms with Crippen LogP contribution in [0.15, 0.2) is 36.4 Å². The summed E-state index contributed by atoms with van der Waals surface area (Å²) in [5.74, 6) is -11.0. The number of anilines is 1. The number of primary amides is 1. The smallest absolute Gasteiger partial charge is 0.417 e. The Morgan fingerprint density at radius 1 is 1.07 bits per heavy atom. The largest absolute Gasteiger partial charge is 0.505 e. The molecular weight excluding hydrogens is 520 g/mol. The number of aromatic hydroxyl groups is 1. The number of aliphatic hydroxyl groups is 1. The zero-order valence-corrected chi connectivity index (χ0v) is 21.8. The van der Waals surface area contributed by atoms with Crippen LogP contribution in [0.1, 0.15) is 54.1 Å². The van der Waals surface area contributed by atoms with Crippen LogP contribution in [0.25, 0.3) is 0 Å². The number of carbonyl (C=O) groups excluding carboxylic acids is 6. The van der Waals surface area contributed by atoms with E-state index < -0.39 is 76.6 Å². The summed E-state index contributed by atoms with van der Waals surface area (Å²) in [4.78, 5) is 77.6. The first-order valence-electron chi connectivity index (χ1n) is 13.0. The maximum Gasteiger partial charge on any atom is 0.417 e. The van der Waals surface area contributed by atoms with Crippen LogP contribution in [0, 0.1) is 23.7 Å². The summed E-state index contributed by atoms with van der Waals surface area (Å²) < 4.78 is 5.23. The molecule has 0 aromatic heterocycles. The van der Waals surface area contributed by atoms with Gasteiger partial charge in [0.15, 0.2) is 34.7 Å². The maximum absolute atomic E-state index is 13.9. The SMILES string of the molecule is CC(C)c1cc(NC(=O)Oc2ccccc2)c(O)c2c1C[C@H]1C[C@H]3CC(=O)C(C(N)=O)C(=O)[C@@]3(O)C(=O)C1C2=O. The molecule has 3 aliphatic rings. The molecule has 2 aromatic rings. The van der Waals surface area contributed by atoms with Gasteiger partial charge >= 0.3 is 6.09 Å². The van der Waals surface area contributed by atoms with Crippen LogP contribution >= 0.6 is 0 Å². The number of carbonyl (C=O) groups is 6. The van der Waals surface area contributed by atoms with Crippen molar-refractivity contribution in [1.29, 1.82) is 0 Å². The minimum Gasteiger partial charge on any atom is -0.505 e. The fourth-order valence-electron chi connectivity index (χ4n) is 6.40. The van der Waals surface area contributed by atoms with Gasteiger partial charge in [-0.1, -0.05) is 32.0 Å². The third kappa shape index (κ3) is 4.08. The maximum atomic E-state index is 13.9. The molecule has 40 heavy (non-hydrogen) atoms. The molecule has 208 valence electrons. The Labute approximate surface area is 228 Å². The summed E-state index contributed by atoms with van der Waals surface area (Å²) in [6.45, 7) is 3.73. The van der Waals surface area contributed by atoms with Crippen molar-refractivity contribution < 1.29 is 43.7 Å². The van der Waals surface area contributed by atoms with Crippen LogP contribution in [0.2, 0.25) is 0 Å². The highest BCUT2D eigenvalue weighted by Crippen LogP contribution is 2.51. The number of Topliss-reactive ketones (excluding diaryl/α,β-unsaturated/α-hetero) is 4. The van der Waals surface area contributed by atoms with Crippen molar-refractivity contribution in [2.45, 2.75) is 44.6 Å². The predicted molar refractivity (Wildman–Crippen MR) is 139 cm³/mol. The number of rotatable bonds is 4. The number of fused-ring (bicyclic) bond motifs is 3. The molecule has 0 aliphatic heterocycles. The van der Waals surface area contributed by atoms with E-state index in [0.29, 0.717) is 11.1 Å². The van der Waals surface area contributed by atoms with Crippen LogP contribution < -0.4 is 15.8 Å². The van der Waals surface area contributed by atoms with Gasteiger partial charge < -0.3 is 20.7 Å². The number of phenols is 1. The average molecular weight is 549 g/mol. The first kappa shape index (κ1) is 27.2. The van der Waals surface area contributed by atoms with Gasteiger partial charge in [0.25, 0.3) is 0 Å². The molecule has 2 aromatic carbocycles. The van der Waals surface area contributed by atoms with E-state index in [1.54, 1.807) is 36.4 Å². The van der Waals surface area contributed by atoms with Crippen LogP contribution in [0.4, 0.5) is 10.5 Å². The molecule has 0 heterocycles. The summed E-state index contributed by atoms with van der Waals surface area (Å²) in [5, 5.41) is 25.0. The average Bonchev–Trinajstić information content (AvgIpc) is 2.88. The number of ether oxygens (including phenoxy) is 1. The lowest BCUT2D eigenvalue weighted by Crippen LogP contribution is -2.68. The number of hydrogen-bond donors (Lipinski definition) is 4. The van der Waals surface area contributed by atoms with Gasteiger partial charge in [-0.05, 0) is 54.0 Å². The molecule has 5 N–H and O–H groups in total. The van der Waals surface area contributed by atoms with Crippen molar-refractivity contribution in [3.63, 3.8) is 0 Å². The molecule has 11 nitrogen and oxygen atoms in total. The van der Waals surface area contributed by atoms with Crippen LogP contribution in [-0.2, 0) is 25.6 Å². The molecule has 0 bridgehead atoms. The zero-order chi connectivity index (χ0) is 29.1. The lowest BCUT2D eigenvalue weighted by atomic mass is 9.53. The highest BCUT2D eigenvalue weighted by atomic mass is 16.6. The van der Waals surface area contributed by atoms with E-state index in [1.165, 1.54) is 0 Å². The van der Waals surface area contributed by atoms with Gasteiger partial charge in [-0.2, -0.15) is 0 Å². The molecule has 3 aliphatic carbocycles. The van der Waals surface area contributed by atoms with Gasteiger partial charge in [0.2, 0.25) is 5.91 Å².